The maximum atomic E-state index is 13.8. The molecule has 0 aliphatic carbocycles. The van der Waals surface area contributed by atoms with E-state index in [1.54, 1.807) is 18.5 Å². The van der Waals surface area contributed by atoms with E-state index in [0.29, 0.717) is 12.0 Å². The Balaban J connectivity index is 0.000000861. The molecule has 0 atom stereocenters. The second-order valence-corrected chi connectivity index (χ2v) is 3.96. The topological polar surface area (TPSA) is 51.8 Å². The summed E-state index contributed by atoms with van der Waals surface area (Å²) in [5.41, 5.74) is 8.63. The average molecular weight is 261 g/mol. The minimum atomic E-state index is -0.181. The summed E-state index contributed by atoms with van der Waals surface area (Å²) in [6.45, 7) is 7.79. The number of aromatic nitrogens is 2. The highest BCUT2D eigenvalue weighted by Gasteiger charge is 2.10. The molecule has 0 fully saturated rings. The molecule has 0 unspecified atom stereocenters. The minimum absolute atomic E-state index is 0.181. The third-order valence-electron chi connectivity index (χ3n) is 2.68. The molecule has 0 aliphatic heterocycles. The molecule has 0 radical (unpaired) electrons. The summed E-state index contributed by atoms with van der Waals surface area (Å²) in [6, 6.07) is 3.48. The van der Waals surface area contributed by atoms with E-state index in [2.05, 4.69) is 9.97 Å². The Morgan fingerprint density at radius 2 is 1.74 bits per heavy atom. The van der Waals surface area contributed by atoms with Crippen LogP contribution in [0.4, 0.5) is 10.3 Å². The predicted octanol–water partition coefficient (Wildman–Crippen LogP) is 3.76. The van der Waals surface area contributed by atoms with E-state index in [1.807, 2.05) is 33.8 Å². The van der Waals surface area contributed by atoms with Crippen molar-refractivity contribution in [3.05, 3.63) is 41.5 Å². The molecule has 102 valence electrons. The number of halogens is 1. The van der Waals surface area contributed by atoms with Crippen molar-refractivity contribution in [1.29, 1.82) is 0 Å². The number of anilines is 1. The van der Waals surface area contributed by atoms with Gasteiger partial charge in [-0.3, -0.25) is 0 Å². The monoisotopic (exact) mass is 261 g/mol. The Bertz CT molecular complexity index is 536. The molecule has 0 spiro atoms. The van der Waals surface area contributed by atoms with E-state index in [9.17, 15) is 4.39 Å². The van der Waals surface area contributed by atoms with Crippen LogP contribution in [0.3, 0.4) is 0 Å². The van der Waals surface area contributed by atoms with Crippen molar-refractivity contribution < 1.29 is 4.39 Å². The zero-order valence-corrected chi connectivity index (χ0v) is 11.9. The maximum Gasteiger partial charge on any atom is 0.219 e. The van der Waals surface area contributed by atoms with Gasteiger partial charge in [0, 0.05) is 18.0 Å². The van der Waals surface area contributed by atoms with Crippen molar-refractivity contribution in [2.75, 3.05) is 5.73 Å². The van der Waals surface area contributed by atoms with Crippen LogP contribution in [0.2, 0.25) is 0 Å². The van der Waals surface area contributed by atoms with E-state index in [4.69, 9.17) is 5.73 Å². The van der Waals surface area contributed by atoms with E-state index < -0.39 is 0 Å². The van der Waals surface area contributed by atoms with Gasteiger partial charge in [0.15, 0.2) is 0 Å². The van der Waals surface area contributed by atoms with Gasteiger partial charge in [-0.2, -0.15) is 0 Å². The number of hydrogen-bond acceptors (Lipinski definition) is 3. The molecular weight excluding hydrogens is 241 g/mol. The Hall–Kier alpha value is -1.97. The largest absolute Gasteiger partial charge is 0.368 e. The molecule has 0 aliphatic rings. The fourth-order valence-electron chi connectivity index (χ4n) is 1.87. The van der Waals surface area contributed by atoms with Gasteiger partial charge in [0.05, 0.1) is 0 Å². The highest BCUT2D eigenvalue weighted by Crippen LogP contribution is 2.27. The van der Waals surface area contributed by atoms with Gasteiger partial charge in [-0.25, -0.2) is 14.4 Å². The number of rotatable bonds is 2. The van der Waals surface area contributed by atoms with Crippen molar-refractivity contribution in [2.45, 2.75) is 34.1 Å². The maximum absolute atomic E-state index is 13.8. The summed E-state index contributed by atoms with van der Waals surface area (Å²) < 4.78 is 13.8. The van der Waals surface area contributed by atoms with Crippen molar-refractivity contribution in [1.82, 2.24) is 9.97 Å². The van der Waals surface area contributed by atoms with Crippen molar-refractivity contribution in [3.8, 4) is 11.1 Å². The Morgan fingerprint density at radius 3 is 2.26 bits per heavy atom. The van der Waals surface area contributed by atoms with Crippen molar-refractivity contribution >= 4 is 5.95 Å². The van der Waals surface area contributed by atoms with E-state index >= 15 is 0 Å². The normalized spacial score (nSPS) is 9.74. The lowest BCUT2D eigenvalue weighted by molar-refractivity contribution is 0.612. The molecule has 1 aromatic carbocycles. The van der Waals surface area contributed by atoms with Crippen LogP contribution < -0.4 is 5.73 Å². The first-order valence-corrected chi connectivity index (χ1v) is 6.48. The summed E-state index contributed by atoms with van der Waals surface area (Å²) in [5, 5.41) is 0. The molecule has 2 aromatic rings. The smallest absolute Gasteiger partial charge is 0.219 e. The van der Waals surface area contributed by atoms with Crippen LogP contribution in [-0.4, -0.2) is 9.97 Å². The number of aryl methyl sites for hydroxylation is 1. The first-order valence-electron chi connectivity index (χ1n) is 6.48. The fraction of sp³-hybridized carbons (Fsp3) is 0.333. The lowest BCUT2D eigenvalue weighted by atomic mass is 9.97. The van der Waals surface area contributed by atoms with Crippen LogP contribution in [-0.2, 0) is 6.42 Å². The summed E-state index contributed by atoms with van der Waals surface area (Å²) >= 11 is 0. The number of benzene rings is 1. The molecule has 0 bridgehead atoms. The van der Waals surface area contributed by atoms with Crippen molar-refractivity contribution in [3.63, 3.8) is 0 Å². The summed E-state index contributed by atoms with van der Waals surface area (Å²) in [7, 11) is 0. The van der Waals surface area contributed by atoms with Gasteiger partial charge < -0.3 is 5.73 Å². The molecule has 1 heterocycles. The third-order valence-corrected chi connectivity index (χ3v) is 2.68. The molecule has 4 heteroatoms. The highest BCUT2D eigenvalue weighted by molar-refractivity contribution is 5.67. The quantitative estimate of drug-likeness (QED) is 0.895. The summed E-state index contributed by atoms with van der Waals surface area (Å²) in [6.07, 6.45) is 3.87. The molecule has 0 saturated carbocycles. The number of hydrogen-bond donors (Lipinski definition) is 1. The Labute approximate surface area is 113 Å². The van der Waals surface area contributed by atoms with Gasteiger partial charge >= 0.3 is 0 Å². The predicted molar refractivity (Wildman–Crippen MR) is 77.3 cm³/mol. The lowest BCUT2D eigenvalue weighted by Crippen LogP contribution is -1.98. The van der Waals surface area contributed by atoms with Crippen LogP contribution in [0, 0.1) is 12.7 Å². The third kappa shape index (κ3) is 3.50. The second-order valence-electron chi connectivity index (χ2n) is 3.96. The molecule has 3 nitrogen and oxygen atoms in total. The number of nitrogens with zero attached hydrogens (tertiary/aromatic N) is 2. The van der Waals surface area contributed by atoms with E-state index in [0.717, 1.165) is 16.7 Å². The van der Waals surface area contributed by atoms with Crippen LogP contribution in [0.5, 0.6) is 0 Å². The number of nitrogen functional groups attached to an aromatic ring is 1. The van der Waals surface area contributed by atoms with Gasteiger partial charge in [-0.05, 0) is 36.1 Å². The molecule has 19 heavy (non-hydrogen) atoms. The zero-order chi connectivity index (χ0) is 14.4. The van der Waals surface area contributed by atoms with Gasteiger partial charge in [-0.15, -0.1) is 0 Å². The van der Waals surface area contributed by atoms with Crippen LogP contribution in [0.15, 0.2) is 24.5 Å². The number of nitrogens with two attached hydrogens (primary N) is 1. The molecule has 1 aromatic heterocycles. The fourth-order valence-corrected chi connectivity index (χ4v) is 1.87. The molecule has 2 N–H and O–H groups in total. The second kappa shape index (κ2) is 6.83. The van der Waals surface area contributed by atoms with Gasteiger partial charge in [0.1, 0.15) is 5.82 Å². The first kappa shape index (κ1) is 15.1. The van der Waals surface area contributed by atoms with Crippen molar-refractivity contribution in [2.24, 2.45) is 0 Å². The van der Waals surface area contributed by atoms with Gasteiger partial charge in [-0.1, -0.05) is 26.8 Å². The molecule has 2 rings (SSSR count). The zero-order valence-electron chi connectivity index (χ0n) is 11.9. The van der Waals surface area contributed by atoms with Crippen LogP contribution in [0.25, 0.3) is 11.1 Å². The van der Waals surface area contributed by atoms with E-state index in [-0.39, 0.29) is 11.8 Å². The average Bonchev–Trinajstić information content (AvgIpc) is 2.41. The lowest BCUT2D eigenvalue weighted by Gasteiger charge is -2.10. The molecule has 0 saturated heterocycles. The SMILES string of the molecule is CC.CCc1c(F)cc(C)cc1-c1cnc(N)nc1. The van der Waals surface area contributed by atoms with Crippen LogP contribution >= 0.6 is 0 Å². The molecule has 0 amide bonds. The first-order chi connectivity index (χ1) is 9.11. The molecular formula is C15H20FN3. The van der Waals surface area contributed by atoms with E-state index in [1.165, 1.54) is 0 Å². The summed E-state index contributed by atoms with van der Waals surface area (Å²) in [4.78, 5) is 7.87. The minimum Gasteiger partial charge on any atom is -0.368 e. The Morgan fingerprint density at radius 1 is 1.16 bits per heavy atom. The van der Waals surface area contributed by atoms with Gasteiger partial charge in [0.25, 0.3) is 0 Å². The summed E-state index contributed by atoms with van der Waals surface area (Å²) in [5.74, 6) is 0.0410. The van der Waals surface area contributed by atoms with Gasteiger partial charge in [0.2, 0.25) is 5.95 Å². The highest BCUT2D eigenvalue weighted by atomic mass is 19.1. The Kier molecular flexibility index (Phi) is 5.42. The van der Waals surface area contributed by atoms with Crippen LogP contribution in [0.1, 0.15) is 31.9 Å². The standard InChI is InChI=1S/C13H14FN3.C2H6/c1-3-10-11(4-8(2)5-12(10)14)9-6-16-13(15)17-7-9;1-2/h4-7H,3H2,1-2H3,(H2,15,16,17);1-2H3.